The number of nitrogens with zero attached hydrogens (tertiary/aromatic N) is 2. The third-order valence-electron chi connectivity index (χ3n) is 3.71. The number of nitrogens with one attached hydrogen (secondary N) is 1. The smallest absolute Gasteiger partial charge is 0.0646 e. The standard InChI is InChI=1S/C15H18ClN3/c16-14-1-3-15(4-2-14)19-11-13(10-18-19)9-12-5-7-17-8-6-12/h1-4,10-12,17H,5-9H2. The molecule has 4 heteroatoms. The van der Waals surface area contributed by atoms with Crippen molar-refractivity contribution in [3.8, 4) is 5.69 Å². The molecular formula is C15H18ClN3. The summed E-state index contributed by atoms with van der Waals surface area (Å²) in [5.41, 5.74) is 2.38. The van der Waals surface area contributed by atoms with E-state index in [0.29, 0.717) is 0 Å². The van der Waals surface area contributed by atoms with Crippen LogP contribution in [0.4, 0.5) is 0 Å². The molecule has 0 saturated carbocycles. The second-order valence-electron chi connectivity index (χ2n) is 5.17. The predicted octanol–water partition coefficient (Wildman–Crippen LogP) is 3.07. The zero-order valence-electron chi connectivity index (χ0n) is 10.8. The van der Waals surface area contributed by atoms with Crippen LogP contribution >= 0.6 is 11.6 Å². The van der Waals surface area contributed by atoms with Crippen LogP contribution in [0.5, 0.6) is 0 Å². The maximum atomic E-state index is 5.90. The fourth-order valence-corrected chi connectivity index (χ4v) is 2.75. The third-order valence-corrected chi connectivity index (χ3v) is 3.96. The van der Waals surface area contributed by atoms with Crippen LogP contribution in [0.15, 0.2) is 36.7 Å². The van der Waals surface area contributed by atoms with Crippen LogP contribution in [0.25, 0.3) is 5.69 Å². The van der Waals surface area contributed by atoms with Gasteiger partial charge in [-0.3, -0.25) is 0 Å². The van der Waals surface area contributed by atoms with Crippen LogP contribution in [0.1, 0.15) is 18.4 Å². The van der Waals surface area contributed by atoms with E-state index < -0.39 is 0 Å². The van der Waals surface area contributed by atoms with Crippen LogP contribution < -0.4 is 5.32 Å². The highest BCUT2D eigenvalue weighted by Crippen LogP contribution is 2.19. The van der Waals surface area contributed by atoms with E-state index in [-0.39, 0.29) is 0 Å². The van der Waals surface area contributed by atoms with Gasteiger partial charge in [0, 0.05) is 11.2 Å². The van der Waals surface area contributed by atoms with Crippen molar-refractivity contribution in [3.05, 3.63) is 47.2 Å². The predicted molar refractivity (Wildman–Crippen MR) is 77.9 cm³/mol. The third kappa shape index (κ3) is 3.17. The minimum Gasteiger partial charge on any atom is -0.317 e. The van der Waals surface area contributed by atoms with Crippen LogP contribution in [0, 0.1) is 5.92 Å². The summed E-state index contributed by atoms with van der Waals surface area (Å²) in [5, 5.41) is 8.60. The van der Waals surface area contributed by atoms with Gasteiger partial charge in [-0.2, -0.15) is 5.10 Å². The van der Waals surface area contributed by atoms with E-state index in [1.54, 1.807) is 0 Å². The molecule has 0 amide bonds. The molecule has 19 heavy (non-hydrogen) atoms. The summed E-state index contributed by atoms with van der Waals surface area (Å²) in [6.45, 7) is 2.30. The van der Waals surface area contributed by atoms with Gasteiger partial charge in [-0.05, 0) is 68.1 Å². The highest BCUT2D eigenvalue weighted by atomic mass is 35.5. The molecule has 1 aliphatic rings. The van der Waals surface area contributed by atoms with Crippen molar-refractivity contribution < 1.29 is 0 Å². The summed E-state index contributed by atoms with van der Waals surface area (Å²) in [6, 6.07) is 7.77. The van der Waals surface area contributed by atoms with Gasteiger partial charge >= 0.3 is 0 Å². The van der Waals surface area contributed by atoms with Gasteiger partial charge in [-0.15, -0.1) is 0 Å². The number of benzene rings is 1. The molecule has 0 bridgehead atoms. The molecule has 0 spiro atoms. The fourth-order valence-electron chi connectivity index (χ4n) is 2.62. The average Bonchev–Trinajstić information content (AvgIpc) is 2.89. The number of piperidine rings is 1. The Morgan fingerprint density at radius 1 is 1.21 bits per heavy atom. The van der Waals surface area contributed by atoms with Gasteiger partial charge in [-0.25, -0.2) is 4.68 Å². The first-order valence-corrected chi connectivity index (χ1v) is 7.19. The van der Waals surface area contributed by atoms with E-state index in [1.807, 2.05) is 35.1 Å². The Morgan fingerprint density at radius 2 is 1.95 bits per heavy atom. The largest absolute Gasteiger partial charge is 0.317 e. The first-order chi connectivity index (χ1) is 9.31. The van der Waals surface area contributed by atoms with E-state index in [1.165, 1.54) is 18.4 Å². The first kappa shape index (κ1) is 12.7. The molecule has 1 aromatic carbocycles. The van der Waals surface area contributed by atoms with Crippen LogP contribution in [0.2, 0.25) is 5.02 Å². The van der Waals surface area contributed by atoms with Crippen molar-refractivity contribution in [1.29, 1.82) is 0 Å². The number of rotatable bonds is 3. The SMILES string of the molecule is Clc1ccc(-n2cc(CC3CCNCC3)cn2)cc1. The second kappa shape index (κ2) is 5.76. The van der Waals surface area contributed by atoms with Gasteiger partial charge in [0.2, 0.25) is 0 Å². The van der Waals surface area contributed by atoms with Crippen LogP contribution in [0.3, 0.4) is 0 Å². The number of hydrogen-bond donors (Lipinski definition) is 1. The molecule has 100 valence electrons. The Bertz CT molecular complexity index is 527. The van der Waals surface area contributed by atoms with Gasteiger partial charge in [0.1, 0.15) is 0 Å². The molecule has 0 atom stereocenters. The lowest BCUT2D eigenvalue weighted by molar-refractivity contribution is 0.372. The average molecular weight is 276 g/mol. The number of hydrogen-bond acceptors (Lipinski definition) is 2. The molecule has 2 heterocycles. The molecule has 2 aromatic rings. The summed E-state index contributed by atoms with van der Waals surface area (Å²) < 4.78 is 1.92. The summed E-state index contributed by atoms with van der Waals surface area (Å²) in [7, 11) is 0. The first-order valence-electron chi connectivity index (χ1n) is 6.81. The van der Waals surface area contributed by atoms with Crippen molar-refractivity contribution in [2.75, 3.05) is 13.1 Å². The van der Waals surface area contributed by atoms with E-state index in [9.17, 15) is 0 Å². The summed E-state index contributed by atoms with van der Waals surface area (Å²) in [6.07, 6.45) is 7.79. The molecule has 1 aliphatic heterocycles. The lowest BCUT2D eigenvalue weighted by atomic mass is 9.92. The number of halogens is 1. The Kier molecular flexibility index (Phi) is 3.85. The summed E-state index contributed by atoms with van der Waals surface area (Å²) in [5.74, 6) is 0.795. The monoisotopic (exact) mass is 275 g/mol. The number of aromatic nitrogens is 2. The highest BCUT2D eigenvalue weighted by Gasteiger charge is 2.14. The maximum Gasteiger partial charge on any atom is 0.0646 e. The van der Waals surface area contributed by atoms with Gasteiger partial charge in [0.15, 0.2) is 0 Å². The van der Waals surface area contributed by atoms with E-state index in [0.717, 1.165) is 36.1 Å². The topological polar surface area (TPSA) is 29.9 Å². The Hall–Kier alpha value is -1.32. The molecule has 1 N–H and O–H groups in total. The molecule has 0 aliphatic carbocycles. The zero-order valence-corrected chi connectivity index (χ0v) is 11.6. The summed E-state index contributed by atoms with van der Waals surface area (Å²) >= 11 is 5.90. The minimum atomic E-state index is 0.755. The van der Waals surface area contributed by atoms with Crippen molar-refractivity contribution in [3.63, 3.8) is 0 Å². The molecule has 0 unspecified atom stereocenters. The van der Waals surface area contributed by atoms with E-state index in [4.69, 9.17) is 11.6 Å². The van der Waals surface area contributed by atoms with Gasteiger partial charge in [0.05, 0.1) is 11.9 Å². The van der Waals surface area contributed by atoms with Crippen molar-refractivity contribution in [2.45, 2.75) is 19.3 Å². The van der Waals surface area contributed by atoms with E-state index in [2.05, 4.69) is 16.6 Å². The lowest BCUT2D eigenvalue weighted by Crippen LogP contribution is -2.28. The van der Waals surface area contributed by atoms with E-state index >= 15 is 0 Å². The van der Waals surface area contributed by atoms with Gasteiger partial charge < -0.3 is 5.32 Å². The summed E-state index contributed by atoms with van der Waals surface area (Å²) in [4.78, 5) is 0. The molecule has 1 aromatic heterocycles. The Labute approximate surface area is 118 Å². The van der Waals surface area contributed by atoms with Crippen molar-refractivity contribution in [2.24, 2.45) is 5.92 Å². The minimum absolute atomic E-state index is 0.755. The molecule has 3 nitrogen and oxygen atoms in total. The zero-order chi connectivity index (χ0) is 13.1. The highest BCUT2D eigenvalue weighted by molar-refractivity contribution is 6.30. The Morgan fingerprint density at radius 3 is 2.68 bits per heavy atom. The molecule has 0 radical (unpaired) electrons. The van der Waals surface area contributed by atoms with Gasteiger partial charge in [-0.1, -0.05) is 11.6 Å². The molecule has 1 saturated heterocycles. The lowest BCUT2D eigenvalue weighted by Gasteiger charge is -2.21. The van der Waals surface area contributed by atoms with Crippen molar-refractivity contribution in [1.82, 2.24) is 15.1 Å². The second-order valence-corrected chi connectivity index (χ2v) is 5.60. The normalized spacial score (nSPS) is 16.7. The molecular weight excluding hydrogens is 258 g/mol. The van der Waals surface area contributed by atoms with Crippen LogP contribution in [-0.2, 0) is 6.42 Å². The maximum absolute atomic E-state index is 5.90. The molecule has 3 rings (SSSR count). The quantitative estimate of drug-likeness (QED) is 0.933. The van der Waals surface area contributed by atoms with Crippen LogP contribution in [-0.4, -0.2) is 22.9 Å². The molecule has 1 fully saturated rings. The fraction of sp³-hybridized carbons (Fsp3) is 0.400. The van der Waals surface area contributed by atoms with Crippen molar-refractivity contribution >= 4 is 11.6 Å². The van der Waals surface area contributed by atoms with Gasteiger partial charge in [0.25, 0.3) is 0 Å². The Balaban J connectivity index is 1.70.